The van der Waals surface area contributed by atoms with Crippen LogP contribution in [0.1, 0.15) is 40.2 Å². The molecule has 4 nitrogen and oxygen atoms in total. The van der Waals surface area contributed by atoms with E-state index in [2.05, 4.69) is 32.2 Å². The maximum absolute atomic E-state index is 12.5. The molecule has 2 atom stereocenters. The van der Waals surface area contributed by atoms with Gasteiger partial charge in [0, 0.05) is 18.8 Å². The van der Waals surface area contributed by atoms with Crippen LogP contribution in [-0.4, -0.2) is 36.2 Å². The highest BCUT2D eigenvalue weighted by Crippen LogP contribution is 2.29. The van der Waals surface area contributed by atoms with Crippen LogP contribution in [0.2, 0.25) is 0 Å². The lowest BCUT2D eigenvalue weighted by Crippen LogP contribution is -2.49. The Morgan fingerprint density at radius 2 is 1.76 bits per heavy atom. The van der Waals surface area contributed by atoms with Crippen molar-refractivity contribution in [2.75, 3.05) is 18.4 Å². The van der Waals surface area contributed by atoms with E-state index >= 15 is 0 Å². The van der Waals surface area contributed by atoms with Gasteiger partial charge >= 0.3 is 6.03 Å². The van der Waals surface area contributed by atoms with Gasteiger partial charge in [-0.15, -0.1) is 0 Å². The molecule has 1 saturated heterocycles. The molecule has 2 unspecified atom stereocenters. The van der Waals surface area contributed by atoms with E-state index in [9.17, 15) is 4.79 Å². The first-order valence-corrected chi connectivity index (χ1v) is 7.58. The van der Waals surface area contributed by atoms with E-state index in [1.165, 1.54) is 0 Å². The summed E-state index contributed by atoms with van der Waals surface area (Å²) in [4.78, 5) is 14.3. The molecule has 21 heavy (non-hydrogen) atoms. The minimum Gasteiger partial charge on any atom is -0.372 e. The number of ether oxygens (including phenoxy) is 1. The fourth-order valence-electron chi connectivity index (χ4n) is 2.78. The number of carbonyl (C=O) groups excluding carboxylic acids is 1. The number of hydrogen-bond acceptors (Lipinski definition) is 2. The zero-order chi connectivity index (χ0) is 15.6. The van der Waals surface area contributed by atoms with Crippen molar-refractivity contribution in [3.8, 4) is 0 Å². The molecule has 1 aromatic rings. The molecule has 1 heterocycles. The first kappa shape index (κ1) is 15.8. The van der Waals surface area contributed by atoms with E-state index in [1.54, 1.807) is 0 Å². The summed E-state index contributed by atoms with van der Waals surface area (Å²) in [7, 11) is 0. The van der Waals surface area contributed by atoms with Gasteiger partial charge in [0.05, 0.1) is 12.2 Å². The van der Waals surface area contributed by atoms with E-state index < -0.39 is 0 Å². The lowest BCUT2D eigenvalue weighted by Gasteiger charge is -2.35. The smallest absolute Gasteiger partial charge is 0.322 e. The second-order valence-corrected chi connectivity index (χ2v) is 6.89. The topological polar surface area (TPSA) is 41.6 Å². The molecular weight excluding hydrogens is 264 g/mol. The first-order chi connectivity index (χ1) is 9.77. The van der Waals surface area contributed by atoms with Crippen LogP contribution in [0, 0.1) is 0 Å². The van der Waals surface area contributed by atoms with Crippen molar-refractivity contribution >= 4 is 11.7 Å². The molecule has 1 aliphatic heterocycles. The molecule has 0 radical (unpaired) electrons. The molecule has 1 aliphatic rings. The van der Waals surface area contributed by atoms with Crippen LogP contribution in [0.5, 0.6) is 0 Å². The van der Waals surface area contributed by atoms with E-state index in [0.717, 1.165) is 11.3 Å². The van der Waals surface area contributed by atoms with Crippen molar-refractivity contribution in [3.63, 3.8) is 0 Å². The second kappa shape index (κ2) is 6.06. The fraction of sp³-hybridized carbons (Fsp3) is 0.588. The molecule has 1 N–H and O–H groups in total. The first-order valence-electron chi connectivity index (χ1n) is 7.58. The Hall–Kier alpha value is -1.55. The van der Waals surface area contributed by atoms with Crippen LogP contribution in [0.3, 0.4) is 0 Å². The molecule has 2 amide bonds. The highest BCUT2D eigenvalue weighted by molar-refractivity contribution is 5.90. The minimum atomic E-state index is -0.0475. The van der Waals surface area contributed by atoms with Crippen LogP contribution >= 0.6 is 0 Å². The van der Waals surface area contributed by atoms with Crippen molar-refractivity contribution in [2.24, 2.45) is 0 Å². The monoisotopic (exact) mass is 290 g/mol. The van der Waals surface area contributed by atoms with E-state index in [-0.39, 0.29) is 23.7 Å². The maximum atomic E-state index is 12.5. The summed E-state index contributed by atoms with van der Waals surface area (Å²) in [6.45, 7) is 11.7. The van der Waals surface area contributed by atoms with E-state index in [4.69, 9.17) is 4.74 Å². The predicted molar refractivity (Wildman–Crippen MR) is 85.7 cm³/mol. The van der Waals surface area contributed by atoms with Gasteiger partial charge in [0.2, 0.25) is 0 Å². The van der Waals surface area contributed by atoms with Crippen molar-refractivity contribution in [2.45, 2.75) is 52.2 Å². The van der Waals surface area contributed by atoms with Gasteiger partial charge in [0.25, 0.3) is 0 Å². The molecule has 0 aliphatic carbocycles. The standard InChI is InChI=1S/C17H26N2O2/c1-12-10-19(11-13(2)21-12)16(20)18-15-9-7-6-8-14(15)17(3,4)5/h6-9,12-13H,10-11H2,1-5H3,(H,18,20). The maximum Gasteiger partial charge on any atom is 0.322 e. The minimum absolute atomic E-state index is 0.00450. The third-order valence-corrected chi connectivity index (χ3v) is 3.68. The van der Waals surface area contributed by atoms with Gasteiger partial charge in [-0.25, -0.2) is 4.79 Å². The Bertz CT molecular complexity index is 498. The zero-order valence-corrected chi connectivity index (χ0v) is 13.6. The molecule has 1 aromatic carbocycles. The predicted octanol–water partition coefficient (Wildman–Crippen LogP) is 3.63. The molecule has 0 spiro atoms. The van der Waals surface area contributed by atoms with E-state index in [1.807, 2.05) is 36.9 Å². The highest BCUT2D eigenvalue weighted by atomic mass is 16.5. The lowest BCUT2D eigenvalue weighted by atomic mass is 9.86. The molecular formula is C17H26N2O2. The van der Waals surface area contributed by atoms with Crippen LogP contribution in [0.4, 0.5) is 10.5 Å². The summed E-state index contributed by atoms with van der Waals surface area (Å²) in [6.07, 6.45) is 0.162. The number of hydrogen-bond donors (Lipinski definition) is 1. The summed E-state index contributed by atoms with van der Waals surface area (Å²) in [6, 6.07) is 7.95. The third kappa shape index (κ3) is 3.97. The van der Waals surface area contributed by atoms with Crippen LogP contribution in [-0.2, 0) is 10.2 Å². The number of anilines is 1. The van der Waals surface area contributed by atoms with Crippen molar-refractivity contribution in [3.05, 3.63) is 29.8 Å². The van der Waals surface area contributed by atoms with Crippen molar-refractivity contribution < 1.29 is 9.53 Å². The Labute approximate surface area is 127 Å². The van der Waals surface area contributed by atoms with Gasteiger partial charge in [-0.05, 0) is 30.9 Å². The van der Waals surface area contributed by atoms with Crippen LogP contribution in [0.25, 0.3) is 0 Å². The van der Waals surface area contributed by atoms with Crippen LogP contribution in [0.15, 0.2) is 24.3 Å². The molecule has 0 saturated carbocycles. The number of nitrogens with zero attached hydrogens (tertiary/aromatic N) is 1. The number of amides is 2. The highest BCUT2D eigenvalue weighted by Gasteiger charge is 2.27. The average Bonchev–Trinajstić information content (AvgIpc) is 2.37. The number of benzene rings is 1. The van der Waals surface area contributed by atoms with E-state index in [0.29, 0.717) is 13.1 Å². The summed E-state index contributed by atoms with van der Waals surface area (Å²) >= 11 is 0. The number of morpholine rings is 1. The molecule has 0 bridgehead atoms. The quantitative estimate of drug-likeness (QED) is 0.858. The SMILES string of the molecule is CC1CN(C(=O)Nc2ccccc2C(C)(C)C)CC(C)O1. The van der Waals surface area contributed by atoms with Gasteiger partial charge < -0.3 is 15.0 Å². The fourth-order valence-corrected chi connectivity index (χ4v) is 2.78. The van der Waals surface area contributed by atoms with Gasteiger partial charge in [0.1, 0.15) is 0 Å². The number of nitrogens with one attached hydrogen (secondary N) is 1. The Morgan fingerprint density at radius 3 is 2.33 bits per heavy atom. The zero-order valence-electron chi connectivity index (χ0n) is 13.6. The van der Waals surface area contributed by atoms with Crippen molar-refractivity contribution in [1.82, 2.24) is 4.90 Å². The number of carbonyl (C=O) groups is 1. The van der Waals surface area contributed by atoms with Gasteiger partial charge in [-0.2, -0.15) is 0 Å². The van der Waals surface area contributed by atoms with Gasteiger partial charge in [-0.3, -0.25) is 0 Å². The summed E-state index contributed by atoms with van der Waals surface area (Å²) < 4.78 is 5.67. The normalized spacial score (nSPS) is 23.0. The Balaban J connectivity index is 2.13. The number of urea groups is 1. The molecule has 116 valence electrons. The summed E-state index contributed by atoms with van der Waals surface area (Å²) in [5.41, 5.74) is 2.03. The van der Waals surface area contributed by atoms with Crippen LogP contribution < -0.4 is 5.32 Å². The molecule has 1 fully saturated rings. The third-order valence-electron chi connectivity index (χ3n) is 3.68. The molecule has 0 aromatic heterocycles. The summed E-state index contributed by atoms with van der Waals surface area (Å²) in [5.74, 6) is 0. The summed E-state index contributed by atoms with van der Waals surface area (Å²) in [5, 5.41) is 3.06. The average molecular weight is 290 g/mol. The molecule has 2 rings (SSSR count). The molecule has 4 heteroatoms. The second-order valence-electron chi connectivity index (χ2n) is 6.89. The largest absolute Gasteiger partial charge is 0.372 e. The van der Waals surface area contributed by atoms with Gasteiger partial charge in [-0.1, -0.05) is 39.0 Å². The lowest BCUT2D eigenvalue weighted by molar-refractivity contribution is -0.0530. The van der Waals surface area contributed by atoms with Crippen molar-refractivity contribution in [1.29, 1.82) is 0 Å². The Morgan fingerprint density at radius 1 is 1.19 bits per heavy atom. The Kier molecular flexibility index (Phi) is 4.57. The van der Waals surface area contributed by atoms with Gasteiger partial charge in [0.15, 0.2) is 0 Å². The number of para-hydroxylation sites is 1. The number of rotatable bonds is 1.